The van der Waals surface area contributed by atoms with Crippen molar-refractivity contribution >= 4 is 12.4 Å². The van der Waals surface area contributed by atoms with E-state index < -0.39 is 0 Å². The molecule has 0 aliphatic carbocycles. The zero-order valence-electron chi connectivity index (χ0n) is 6.20. The maximum absolute atomic E-state index is 10.8. The summed E-state index contributed by atoms with van der Waals surface area (Å²) in [6.07, 6.45) is 0. The Balaban J connectivity index is 0.000001000. The van der Waals surface area contributed by atoms with Crippen LogP contribution in [0.4, 0.5) is 0 Å². The minimum absolute atomic E-state index is 0. The first-order chi connectivity index (χ1) is 4.79. The van der Waals surface area contributed by atoms with Crippen LogP contribution in [0.3, 0.4) is 0 Å². The quantitative estimate of drug-likeness (QED) is 0.640. The number of halogens is 1. The molecule has 11 heavy (non-hydrogen) atoms. The third-order valence-electron chi connectivity index (χ3n) is 1.34. The third kappa shape index (κ3) is 1.81. The van der Waals surface area contributed by atoms with Gasteiger partial charge >= 0.3 is 5.69 Å². The molecule has 0 aliphatic rings. The smallest absolute Gasteiger partial charge is 0.324 e. The van der Waals surface area contributed by atoms with Crippen molar-refractivity contribution in [3.8, 4) is 0 Å². The van der Waals surface area contributed by atoms with Crippen molar-refractivity contribution in [2.45, 2.75) is 20.0 Å². The van der Waals surface area contributed by atoms with Gasteiger partial charge in [-0.25, -0.2) is 9.89 Å². The first-order valence-electron chi connectivity index (χ1n) is 3.13. The Labute approximate surface area is 70.0 Å². The van der Waals surface area contributed by atoms with Crippen molar-refractivity contribution < 1.29 is 0 Å². The Morgan fingerprint density at radius 2 is 2.36 bits per heavy atom. The minimum atomic E-state index is -0.192. The van der Waals surface area contributed by atoms with Crippen molar-refractivity contribution in [3.63, 3.8) is 0 Å². The van der Waals surface area contributed by atoms with Crippen LogP contribution in [0.1, 0.15) is 12.7 Å². The van der Waals surface area contributed by atoms with Gasteiger partial charge in [0.15, 0.2) is 0 Å². The summed E-state index contributed by atoms with van der Waals surface area (Å²) in [5, 5.41) is 6.02. The first kappa shape index (κ1) is 10.2. The number of nitrogens with one attached hydrogen (secondary N) is 1. The maximum atomic E-state index is 10.8. The molecule has 64 valence electrons. The van der Waals surface area contributed by atoms with Crippen molar-refractivity contribution in [1.29, 1.82) is 0 Å². The Bertz CT molecular complexity index is 266. The highest BCUT2D eigenvalue weighted by Crippen LogP contribution is 1.85. The number of aromatic nitrogens is 3. The summed E-state index contributed by atoms with van der Waals surface area (Å²) in [5.41, 5.74) is 5.11. The number of nitrogens with two attached hydrogens (primary N) is 1. The third-order valence-corrected chi connectivity index (χ3v) is 1.34. The van der Waals surface area contributed by atoms with Gasteiger partial charge in [-0.15, -0.1) is 12.4 Å². The van der Waals surface area contributed by atoms with Crippen molar-refractivity contribution in [3.05, 3.63) is 16.3 Å². The molecule has 1 rings (SSSR count). The highest BCUT2D eigenvalue weighted by Gasteiger charge is 2.01. The van der Waals surface area contributed by atoms with Crippen LogP contribution in [-0.4, -0.2) is 14.8 Å². The second-order valence-corrected chi connectivity index (χ2v) is 1.89. The monoisotopic (exact) mass is 178 g/mol. The molecule has 1 aromatic heterocycles. The molecule has 0 aliphatic heterocycles. The predicted octanol–water partition coefficient (Wildman–Crippen LogP) is -0.528. The Kier molecular flexibility index (Phi) is 3.84. The standard InChI is InChI=1S/C5H10N4O.ClH/c1-2-9-4(3-6)7-8-5(9)10;/h2-3,6H2,1H3,(H,8,10);1H. The molecular weight excluding hydrogens is 168 g/mol. The number of hydrogen-bond donors (Lipinski definition) is 2. The summed E-state index contributed by atoms with van der Waals surface area (Å²) in [4.78, 5) is 10.8. The molecule has 0 radical (unpaired) electrons. The Morgan fingerprint density at radius 1 is 1.73 bits per heavy atom. The molecule has 0 bridgehead atoms. The van der Waals surface area contributed by atoms with E-state index in [0.29, 0.717) is 18.9 Å². The van der Waals surface area contributed by atoms with E-state index in [1.165, 1.54) is 4.57 Å². The van der Waals surface area contributed by atoms with Crippen LogP contribution >= 0.6 is 12.4 Å². The predicted molar refractivity (Wildman–Crippen MR) is 43.7 cm³/mol. The van der Waals surface area contributed by atoms with E-state index in [9.17, 15) is 4.79 Å². The highest BCUT2D eigenvalue weighted by molar-refractivity contribution is 5.85. The molecule has 1 aromatic rings. The van der Waals surface area contributed by atoms with Crippen LogP contribution < -0.4 is 11.4 Å². The van der Waals surface area contributed by atoms with Crippen LogP contribution in [0, 0.1) is 0 Å². The molecule has 0 atom stereocenters. The van der Waals surface area contributed by atoms with Crippen LogP contribution in [0.25, 0.3) is 0 Å². The average Bonchev–Trinajstić information content (AvgIpc) is 2.30. The van der Waals surface area contributed by atoms with E-state index in [-0.39, 0.29) is 18.1 Å². The number of aromatic amines is 1. The lowest BCUT2D eigenvalue weighted by Gasteiger charge is -1.95. The van der Waals surface area contributed by atoms with Gasteiger partial charge in [0.1, 0.15) is 5.82 Å². The summed E-state index contributed by atoms with van der Waals surface area (Å²) < 4.78 is 1.50. The number of hydrogen-bond acceptors (Lipinski definition) is 3. The minimum Gasteiger partial charge on any atom is -0.324 e. The fourth-order valence-corrected chi connectivity index (χ4v) is 0.832. The molecule has 0 unspecified atom stereocenters. The van der Waals surface area contributed by atoms with E-state index in [4.69, 9.17) is 5.73 Å². The zero-order chi connectivity index (χ0) is 7.56. The van der Waals surface area contributed by atoms with Gasteiger partial charge in [0.2, 0.25) is 0 Å². The van der Waals surface area contributed by atoms with Crippen LogP contribution in [0.15, 0.2) is 4.79 Å². The topological polar surface area (TPSA) is 76.7 Å². The van der Waals surface area contributed by atoms with Gasteiger partial charge in [-0.2, -0.15) is 5.10 Å². The largest absolute Gasteiger partial charge is 0.343 e. The van der Waals surface area contributed by atoms with Crippen LogP contribution in [0.2, 0.25) is 0 Å². The summed E-state index contributed by atoms with van der Waals surface area (Å²) in [6.45, 7) is 2.78. The number of H-pyrrole nitrogens is 1. The lowest BCUT2D eigenvalue weighted by molar-refractivity contribution is 0.678. The first-order valence-corrected chi connectivity index (χ1v) is 3.13. The van der Waals surface area contributed by atoms with E-state index in [1.54, 1.807) is 0 Å². The molecule has 1 heterocycles. The molecule has 0 saturated heterocycles. The van der Waals surface area contributed by atoms with Gasteiger partial charge in [0, 0.05) is 6.54 Å². The molecular formula is C5H11ClN4O. The van der Waals surface area contributed by atoms with Crippen LogP contribution in [0.5, 0.6) is 0 Å². The van der Waals surface area contributed by atoms with Crippen LogP contribution in [-0.2, 0) is 13.1 Å². The molecule has 6 heteroatoms. The number of rotatable bonds is 2. The molecule has 5 nitrogen and oxygen atoms in total. The lowest BCUT2D eigenvalue weighted by Crippen LogP contribution is -2.18. The molecule has 0 aromatic carbocycles. The lowest BCUT2D eigenvalue weighted by atomic mass is 10.6. The van der Waals surface area contributed by atoms with E-state index >= 15 is 0 Å². The second-order valence-electron chi connectivity index (χ2n) is 1.89. The van der Waals surface area contributed by atoms with Crippen molar-refractivity contribution in [1.82, 2.24) is 14.8 Å². The summed E-state index contributed by atoms with van der Waals surface area (Å²) in [7, 11) is 0. The fourth-order valence-electron chi connectivity index (χ4n) is 0.832. The van der Waals surface area contributed by atoms with Gasteiger partial charge in [-0.05, 0) is 6.92 Å². The SMILES string of the molecule is CCn1c(CN)n[nH]c1=O.Cl. The molecule has 0 saturated carbocycles. The van der Waals surface area contributed by atoms with E-state index in [0.717, 1.165) is 0 Å². The fraction of sp³-hybridized carbons (Fsp3) is 0.600. The average molecular weight is 179 g/mol. The van der Waals surface area contributed by atoms with Gasteiger partial charge in [0.25, 0.3) is 0 Å². The second kappa shape index (κ2) is 4.15. The Hall–Kier alpha value is -0.810. The van der Waals surface area contributed by atoms with E-state index in [1.807, 2.05) is 6.92 Å². The summed E-state index contributed by atoms with van der Waals surface area (Å²) in [5.74, 6) is 0.604. The number of nitrogens with zero attached hydrogens (tertiary/aromatic N) is 2. The maximum Gasteiger partial charge on any atom is 0.343 e. The highest BCUT2D eigenvalue weighted by atomic mass is 35.5. The zero-order valence-corrected chi connectivity index (χ0v) is 7.02. The van der Waals surface area contributed by atoms with Gasteiger partial charge in [0.05, 0.1) is 6.54 Å². The Morgan fingerprint density at radius 3 is 2.73 bits per heavy atom. The summed E-state index contributed by atoms with van der Waals surface area (Å²) >= 11 is 0. The van der Waals surface area contributed by atoms with Gasteiger partial charge < -0.3 is 5.73 Å². The van der Waals surface area contributed by atoms with Gasteiger partial charge in [-0.3, -0.25) is 4.57 Å². The van der Waals surface area contributed by atoms with E-state index in [2.05, 4.69) is 10.2 Å². The van der Waals surface area contributed by atoms with Crippen molar-refractivity contribution in [2.75, 3.05) is 0 Å². The normalized spacial score (nSPS) is 9.27. The molecule has 0 amide bonds. The van der Waals surface area contributed by atoms with Crippen molar-refractivity contribution in [2.24, 2.45) is 5.73 Å². The van der Waals surface area contributed by atoms with Gasteiger partial charge in [-0.1, -0.05) is 0 Å². The summed E-state index contributed by atoms with van der Waals surface area (Å²) in [6, 6.07) is 0. The molecule has 0 fully saturated rings. The molecule has 3 N–H and O–H groups in total. The molecule has 0 spiro atoms.